The van der Waals surface area contributed by atoms with Gasteiger partial charge >= 0.3 is 12.1 Å². The molecule has 0 aromatic heterocycles. The molecule has 1 unspecified atom stereocenters. The summed E-state index contributed by atoms with van der Waals surface area (Å²) in [5, 5.41) is 0. The molecule has 8 heteroatoms. The van der Waals surface area contributed by atoms with Crippen LogP contribution in [0.3, 0.4) is 0 Å². The number of benzene rings is 1. The van der Waals surface area contributed by atoms with Crippen molar-refractivity contribution in [2.75, 3.05) is 25.7 Å². The van der Waals surface area contributed by atoms with Gasteiger partial charge in [0.25, 0.3) is 0 Å². The fourth-order valence-electron chi connectivity index (χ4n) is 7.49. The van der Waals surface area contributed by atoms with E-state index in [4.69, 9.17) is 9.47 Å². The minimum Gasteiger partial charge on any atom is -0.467 e. The van der Waals surface area contributed by atoms with Gasteiger partial charge in [0.15, 0.2) is 5.54 Å². The number of carbonyl (C=O) groups is 4. The van der Waals surface area contributed by atoms with Crippen molar-refractivity contribution in [2.24, 2.45) is 5.41 Å². The van der Waals surface area contributed by atoms with E-state index in [9.17, 15) is 19.2 Å². The molecule has 1 aromatic carbocycles. The average molecular weight is 426 g/mol. The number of hydrogen-bond donors (Lipinski definition) is 0. The standard InChI is InChI=1S/C23H26N2O6/c1-30-19(28)23-10-9-21-8-5-11-24(14-26)18(21)22(23,13-15(27)12-21)16-6-3-4-7-17(16)25(23)20(29)31-2/h3-4,6-7,14,18H,5,8-13H2,1-2H3/t18?,21-,22-,23-/m1/s1. The van der Waals surface area contributed by atoms with Crippen molar-refractivity contribution in [3.63, 3.8) is 0 Å². The highest BCUT2D eigenvalue weighted by Gasteiger charge is 2.79. The number of rotatable bonds is 2. The van der Waals surface area contributed by atoms with Gasteiger partial charge in [-0.25, -0.2) is 9.59 Å². The molecule has 3 fully saturated rings. The van der Waals surface area contributed by atoms with Crippen LogP contribution in [-0.2, 0) is 29.3 Å². The first-order chi connectivity index (χ1) is 14.9. The van der Waals surface area contributed by atoms with Crippen LogP contribution >= 0.6 is 0 Å². The normalized spacial score (nSPS) is 35.5. The Kier molecular flexibility index (Phi) is 4.23. The van der Waals surface area contributed by atoms with Crippen molar-refractivity contribution in [1.29, 1.82) is 0 Å². The number of nitrogens with zero attached hydrogens (tertiary/aromatic N) is 2. The summed E-state index contributed by atoms with van der Waals surface area (Å²) in [6.07, 6.45) is 3.15. The summed E-state index contributed by atoms with van der Waals surface area (Å²) in [6, 6.07) is 6.91. The number of methoxy groups -OCH3 is 2. The van der Waals surface area contributed by atoms with Gasteiger partial charge < -0.3 is 14.4 Å². The maximum absolute atomic E-state index is 13.6. The van der Waals surface area contributed by atoms with Gasteiger partial charge in [-0.3, -0.25) is 14.5 Å². The van der Waals surface area contributed by atoms with Crippen molar-refractivity contribution in [3.8, 4) is 0 Å². The number of likely N-dealkylation sites (tertiary alicyclic amines) is 1. The topological polar surface area (TPSA) is 93.2 Å². The quantitative estimate of drug-likeness (QED) is 0.532. The van der Waals surface area contributed by atoms with Crippen molar-refractivity contribution in [1.82, 2.24) is 4.90 Å². The number of anilines is 1. The molecule has 5 rings (SSSR count). The molecule has 2 saturated carbocycles. The van der Waals surface area contributed by atoms with Crippen LogP contribution in [0.4, 0.5) is 10.5 Å². The molecule has 2 amide bonds. The van der Waals surface area contributed by atoms with E-state index in [-0.39, 0.29) is 18.2 Å². The van der Waals surface area contributed by atoms with E-state index in [0.717, 1.165) is 24.8 Å². The number of ether oxygens (including phenoxy) is 2. The summed E-state index contributed by atoms with van der Waals surface area (Å²) in [5.74, 6) is -0.521. The summed E-state index contributed by atoms with van der Waals surface area (Å²) in [4.78, 5) is 55.5. The lowest BCUT2D eigenvalue weighted by Gasteiger charge is -2.66. The third-order valence-electron chi connectivity index (χ3n) is 8.24. The third kappa shape index (κ3) is 2.15. The second kappa shape index (κ2) is 6.55. The summed E-state index contributed by atoms with van der Waals surface area (Å²) in [6.45, 7) is 0.559. The molecule has 2 aliphatic carbocycles. The number of hydrogen-bond acceptors (Lipinski definition) is 6. The summed E-state index contributed by atoms with van der Waals surface area (Å²) in [7, 11) is 2.58. The molecular formula is C23H26N2O6. The molecule has 1 spiro atoms. The maximum Gasteiger partial charge on any atom is 0.415 e. The molecule has 8 nitrogen and oxygen atoms in total. The first kappa shape index (κ1) is 20.0. The van der Waals surface area contributed by atoms with Crippen molar-refractivity contribution in [3.05, 3.63) is 29.8 Å². The molecule has 4 atom stereocenters. The Morgan fingerprint density at radius 3 is 2.58 bits per heavy atom. The monoisotopic (exact) mass is 426 g/mol. The fraction of sp³-hybridized carbons (Fsp3) is 0.565. The maximum atomic E-state index is 13.6. The second-order valence-corrected chi connectivity index (χ2v) is 9.25. The van der Waals surface area contributed by atoms with Gasteiger partial charge in [0, 0.05) is 19.4 Å². The number of carbonyl (C=O) groups excluding carboxylic acids is 4. The first-order valence-corrected chi connectivity index (χ1v) is 10.7. The van der Waals surface area contributed by atoms with E-state index in [1.54, 1.807) is 17.0 Å². The number of esters is 1. The highest BCUT2D eigenvalue weighted by Crippen LogP contribution is 2.69. The smallest absolute Gasteiger partial charge is 0.415 e. The van der Waals surface area contributed by atoms with E-state index in [1.807, 2.05) is 12.1 Å². The Hall–Kier alpha value is -2.90. The zero-order valence-electron chi connectivity index (χ0n) is 17.8. The molecule has 1 aromatic rings. The van der Waals surface area contributed by atoms with Crippen molar-refractivity contribution >= 4 is 29.9 Å². The average Bonchev–Trinajstić information content (AvgIpc) is 3.03. The zero-order chi connectivity index (χ0) is 22.0. The molecule has 31 heavy (non-hydrogen) atoms. The highest BCUT2D eigenvalue weighted by atomic mass is 16.5. The third-order valence-corrected chi connectivity index (χ3v) is 8.24. The Morgan fingerprint density at radius 1 is 1.10 bits per heavy atom. The SMILES string of the molecule is COC(=O)N1c2ccccc2[C@]23CC(=O)C[C@@]4(CCCN(C=O)C42)CC[C@]13C(=O)OC. The van der Waals surface area contributed by atoms with Gasteiger partial charge in [0.05, 0.1) is 31.4 Å². The number of amides is 2. The van der Waals surface area contributed by atoms with Crippen LogP contribution in [0.25, 0.3) is 0 Å². The predicted octanol–water partition coefficient (Wildman–Crippen LogP) is 2.19. The zero-order valence-corrected chi connectivity index (χ0v) is 17.8. The van der Waals surface area contributed by atoms with Crippen LogP contribution in [0.15, 0.2) is 24.3 Å². The second-order valence-electron chi connectivity index (χ2n) is 9.25. The highest BCUT2D eigenvalue weighted by molar-refractivity contribution is 6.06. The lowest BCUT2D eigenvalue weighted by molar-refractivity contribution is -0.175. The van der Waals surface area contributed by atoms with Crippen LogP contribution in [0.5, 0.6) is 0 Å². The Bertz CT molecular complexity index is 994. The lowest BCUT2D eigenvalue weighted by atomic mass is 9.42. The van der Waals surface area contributed by atoms with Crippen molar-refractivity contribution in [2.45, 2.75) is 55.5 Å². The molecule has 1 saturated heterocycles. The molecule has 0 radical (unpaired) electrons. The van der Waals surface area contributed by atoms with E-state index in [0.29, 0.717) is 31.5 Å². The number of fused-ring (bicyclic) bond motifs is 1. The molecule has 0 N–H and O–H groups in total. The Balaban J connectivity index is 1.89. The molecule has 2 bridgehead atoms. The van der Waals surface area contributed by atoms with Gasteiger partial charge in [0.2, 0.25) is 6.41 Å². The van der Waals surface area contributed by atoms with Gasteiger partial charge in [-0.2, -0.15) is 0 Å². The van der Waals surface area contributed by atoms with E-state index in [2.05, 4.69) is 0 Å². The Labute approximate surface area is 180 Å². The van der Waals surface area contributed by atoms with Crippen LogP contribution < -0.4 is 4.90 Å². The number of Topliss-reactive ketones (excluding diaryl/α,β-unsaturated/α-hetero) is 1. The predicted molar refractivity (Wildman–Crippen MR) is 109 cm³/mol. The summed E-state index contributed by atoms with van der Waals surface area (Å²) >= 11 is 0. The van der Waals surface area contributed by atoms with Gasteiger partial charge in [-0.1, -0.05) is 18.2 Å². The van der Waals surface area contributed by atoms with E-state index < -0.39 is 28.4 Å². The van der Waals surface area contributed by atoms with Gasteiger partial charge in [-0.05, 0) is 42.7 Å². The molecule has 2 heterocycles. The summed E-state index contributed by atoms with van der Waals surface area (Å²) in [5.41, 5.74) is -1.67. The van der Waals surface area contributed by atoms with Crippen LogP contribution in [0.1, 0.15) is 44.1 Å². The largest absolute Gasteiger partial charge is 0.467 e. The minimum atomic E-state index is -1.46. The number of ketones is 1. The first-order valence-electron chi connectivity index (χ1n) is 10.7. The lowest BCUT2D eigenvalue weighted by Crippen LogP contribution is -2.79. The van der Waals surface area contributed by atoms with E-state index >= 15 is 0 Å². The minimum absolute atomic E-state index is 0.0542. The number of piperidine rings is 1. The Morgan fingerprint density at radius 2 is 1.87 bits per heavy atom. The summed E-state index contributed by atoms with van der Waals surface area (Å²) < 4.78 is 10.4. The van der Waals surface area contributed by atoms with Crippen molar-refractivity contribution < 1.29 is 28.7 Å². The molecule has 2 aliphatic heterocycles. The van der Waals surface area contributed by atoms with E-state index in [1.165, 1.54) is 19.1 Å². The van der Waals surface area contributed by atoms with Gasteiger partial charge in [0.1, 0.15) is 5.78 Å². The van der Waals surface area contributed by atoms with Crippen LogP contribution in [0.2, 0.25) is 0 Å². The van der Waals surface area contributed by atoms with Crippen LogP contribution in [0, 0.1) is 5.41 Å². The van der Waals surface area contributed by atoms with Crippen LogP contribution in [-0.4, -0.2) is 61.5 Å². The molecule has 4 aliphatic rings. The molecule has 164 valence electrons. The fourth-order valence-corrected chi connectivity index (χ4v) is 7.49. The van der Waals surface area contributed by atoms with Gasteiger partial charge in [-0.15, -0.1) is 0 Å². The molecular weight excluding hydrogens is 400 g/mol. The number of para-hydroxylation sites is 1.